The number of benzene rings is 1. The topological polar surface area (TPSA) is 15.3 Å². The van der Waals surface area contributed by atoms with Crippen molar-refractivity contribution in [2.24, 2.45) is 0 Å². The quantitative estimate of drug-likeness (QED) is 0.855. The maximum Gasteiger partial charge on any atom is 0.142 e. The summed E-state index contributed by atoms with van der Waals surface area (Å²) in [5.74, 6) is -1.38. The molecule has 18 heavy (non-hydrogen) atoms. The van der Waals surface area contributed by atoms with Gasteiger partial charge in [-0.2, -0.15) is 0 Å². The molecule has 100 valence electrons. The van der Waals surface area contributed by atoms with Crippen molar-refractivity contribution in [2.75, 3.05) is 32.9 Å². The van der Waals surface area contributed by atoms with Crippen LogP contribution < -0.4 is 5.32 Å². The van der Waals surface area contributed by atoms with Crippen LogP contribution in [0.5, 0.6) is 0 Å². The molecule has 1 N–H and O–H groups in total. The summed E-state index contributed by atoms with van der Waals surface area (Å²) in [5.41, 5.74) is -0.0823. The highest BCUT2D eigenvalue weighted by molar-refractivity contribution is 6.31. The summed E-state index contributed by atoms with van der Waals surface area (Å²) >= 11 is 5.77. The van der Waals surface area contributed by atoms with Crippen molar-refractivity contribution in [1.29, 1.82) is 0 Å². The number of piperazine rings is 1. The number of rotatable bonds is 3. The monoisotopic (exact) mass is 278 g/mol. The minimum absolute atomic E-state index is 0.0823. The van der Waals surface area contributed by atoms with Crippen molar-refractivity contribution in [3.63, 3.8) is 0 Å². The van der Waals surface area contributed by atoms with Gasteiger partial charge in [0.25, 0.3) is 0 Å². The molecule has 0 aliphatic carbocycles. The van der Waals surface area contributed by atoms with Crippen LogP contribution in [0.2, 0.25) is 5.02 Å². The van der Waals surface area contributed by atoms with Crippen molar-refractivity contribution >= 4 is 11.6 Å². The summed E-state index contributed by atoms with van der Waals surface area (Å²) in [6, 6.07) is 1.12. The van der Waals surface area contributed by atoms with Gasteiger partial charge in [0, 0.05) is 31.7 Å². The minimum atomic E-state index is -0.824. The van der Waals surface area contributed by atoms with Gasteiger partial charge in [0.2, 0.25) is 0 Å². The van der Waals surface area contributed by atoms with Gasteiger partial charge in [0.1, 0.15) is 18.3 Å². The maximum atomic E-state index is 13.8. The second-order valence-corrected chi connectivity index (χ2v) is 4.59. The first-order valence-electron chi connectivity index (χ1n) is 5.79. The van der Waals surface area contributed by atoms with E-state index in [-0.39, 0.29) is 10.6 Å². The van der Waals surface area contributed by atoms with Crippen LogP contribution in [0.4, 0.5) is 13.2 Å². The summed E-state index contributed by atoms with van der Waals surface area (Å²) in [6.07, 6.45) is 0. The normalized spacial score (nSPS) is 18.9. The Morgan fingerprint density at radius 2 is 1.83 bits per heavy atom. The lowest BCUT2D eigenvalue weighted by molar-refractivity contribution is 0.144. The fourth-order valence-electron chi connectivity index (χ4n) is 2.20. The van der Waals surface area contributed by atoms with E-state index in [0.717, 1.165) is 12.1 Å². The molecule has 1 saturated heterocycles. The van der Waals surface area contributed by atoms with E-state index in [0.29, 0.717) is 26.2 Å². The van der Waals surface area contributed by atoms with Crippen LogP contribution in [-0.2, 0) is 0 Å². The fraction of sp³-hybridized carbons (Fsp3) is 0.500. The molecule has 1 heterocycles. The zero-order chi connectivity index (χ0) is 13.1. The van der Waals surface area contributed by atoms with E-state index < -0.39 is 24.4 Å². The number of alkyl halides is 1. The minimum Gasteiger partial charge on any atom is -0.314 e. The second kappa shape index (κ2) is 5.91. The smallest absolute Gasteiger partial charge is 0.142 e. The molecule has 0 aromatic heterocycles. The van der Waals surface area contributed by atoms with Gasteiger partial charge in [0.15, 0.2) is 0 Å². The molecule has 0 spiro atoms. The van der Waals surface area contributed by atoms with Crippen molar-refractivity contribution in [2.45, 2.75) is 6.04 Å². The van der Waals surface area contributed by atoms with Crippen LogP contribution in [0, 0.1) is 11.6 Å². The van der Waals surface area contributed by atoms with Crippen molar-refractivity contribution in [3.05, 3.63) is 34.4 Å². The highest BCUT2D eigenvalue weighted by Gasteiger charge is 2.28. The highest BCUT2D eigenvalue weighted by atomic mass is 35.5. The molecule has 1 aliphatic rings. The van der Waals surface area contributed by atoms with Gasteiger partial charge in [-0.1, -0.05) is 11.6 Å². The molecule has 1 aromatic rings. The molecule has 6 heteroatoms. The molecule has 0 saturated carbocycles. The summed E-state index contributed by atoms with van der Waals surface area (Å²) in [6.45, 7) is 1.78. The van der Waals surface area contributed by atoms with Gasteiger partial charge in [-0.25, -0.2) is 13.2 Å². The third-order valence-electron chi connectivity index (χ3n) is 3.15. The Kier molecular flexibility index (Phi) is 4.48. The van der Waals surface area contributed by atoms with Crippen LogP contribution in [0.1, 0.15) is 11.6 Å². The first kappa shape index (κ1) is 13.6. The lowest BCUT2D eigenvalue weighted by Crippen LogP contribution is -2.46. The first-order chi connectivity index (χ1) is 8.65. The first-order valence-corrected chi connectivity index (χ1v) is 6.17. The number of hydrogen-bond acceptors (Lipinski definition) is 2. The Morgan fingerprint density at radius 3 is 2.44 bits per heavy atom. The molecule has 0 radical (unpaired) electrons. The van der Waals surface area contributed by atoms with E-state index in [1.807, 2.05) is 0 Å². The van der Waals surface area contributed by atoms with Gasteiger partial charge in [-0.05, 0) is 12.1 Å². The zero-order valence-electron chi connectivity index (χ0n) is 9.73. The summed E-state index contributed by atoms with van der Waals surface area (Å²) in [7, 11) is 0. The summed E-state index contributed by atoms with van der Waals surface area (Å²) in [5, 5.41) is 2.80. The number of halogens is 4. The molecule has 1 atom stereocenters. The van der Waals surface area contributed by atoms with Crippen LogP contribution in [0.25, 0.3) is 0 Å². The number of nitrogens with one attached hydrogen (secondary N) is 1. The maximum absolute atomic E-state index is 13.8. The van der Waals surface area contributed by atoms with Gasteiger partial charge in [-0.15, -0.1) is 0 Å². The van der Waals surface area contributed by atoms with Crippen molar-refractivity contribution < 1.29 is 13.2 Å². The Bertz CT molecular complexity index is 422. The number of nitrogens with zero attached hydrogens (tertiary/aromatic N) is 1. The van der Waals surface area contributed by atoms with Gasteiger partial charge < -0.3 is 5.32 Å². The van der Waals surface area contributed by atoms with E-state index in [4.69, 9.17) is 11.6 Å². The van der Waals surface area contributed by atoms with Gasteiger partial charge >= 0.3 is 0 Å². The Labute approximate surface area is 109 Å². The SMILES string of the molecule is FC[C@H](c1c(F)ccc(F)c1Cl)N1CCNCC1. The highest BCUT2D eigenvalue weighted by Crippen LogP contribution is 2.32. The molecular formula is C12H14ClF3N2. The largest absolute Gasteiger partial charge is 0.314 e. The third-order valence-corrected chi connectivity index (χ3v) is 3.54. The van der Waals surface area contributed by atoms with E-state index in [1.165, 1.54) is 0 Å². The molecule has 1 aliphatic heterocycles. The Balaban J connectivity index is 2.34. The molecule has 2 nitrogen and oxygen atoms in total. The predicted octanol–water partition coefficient (Wildman–Crippen LogP) is 2.53. The molecule has 0 amide bonds. The van der Waals surface area contributed by atoms with Crippen LogP contribution in [-0.4, -0.2) is 37.8 Å². The van der Waals surface area contributed by atoms with Crippen molar-refractivity contribution in [3.8, 4) is 0 Å². The Morgan fingerprint density at radius 1 is 1.22 bits per heavy atom. The summed E-state index contributed by atoms with van der Waals surface area (Å²) < 4.78 is 40.3. The average molecular weight is 279 g/mol. The second-order valence-electron chi connectivity index (χ2n) is 4.21. The van der Waals surface area contributed by atoms with E-state index in [9.17, 15) is 13.2 Å². The molecule has 2 rings (SSSR count). The molecule has 0 unspecified atom stereocenters. The van der Waals surface area contributed by atoms with Crippen LogP contribution >= 0.6 is 11.6 Å². The molecule has 1 fully saturated rings. The zero-order valence-corrected chi connectivity index (χ0v) is 10.5. The van der Waals surface area contributed by atoms with E-state index >= 15 is 0 Å². The fourth-order valence-corrected chi connectivity index (χ4v) is 2.48. The van der Waals surface area contributed by atoms with E-state index in [1.54, 1.807) is 4.90 Å². The predicted molar refractivity (Wildman–Crippen MR) is 64.5 cm³/mol. The molecule has 1 aromatic carbocycles. The summed E-state index contributed by atoms with van der Waals surface area (Å²) in [4.78, 5) is 1.78. The standard InChI is InChI=1S/C12H14ClF3N2/c13-12-9(16)2-1-8(15)11(12)10(7-14)18-5-3-17-4-6-18/h1-2,10,17H,3-7H2/t10-/m1/s1. The van der Waals surface area contributed by atoms with Crippen molar-refractivity contribution in [1.82, 2.24) is 10.2 Å². The molecular weight excluding hydrogens is 265 g/mol. The van der Waals surface area contributed by atoms with Crippen LogP contribution in [0.3, 0.4) is 0 Å². The molecule has 0 bridgehead atoms. The average Bonchev–Trinajstić information content (AvgIpc) is 2.40. The Hall–Kier alpha value is -0.780. The number of hydrogen-bond donors (Lipinski definition) is 1. The van der Waals surface area contributed by atoms with Crippen LogP contribution in [0.15, 0.2) is 12.1 Å². The van der Waals surface area contributed by atoms with Gasteiger partial charge in [-0.3, -0.25) is 4.90 Å². The van der Waals surface area contributed by atoms with E-state index in [2.05, 4.69) is 5.32 Å². The lowest BCUT2D eigenvalue weighted by atomic mass is 10.0. The lowest BCUT2D eigenvalue weighted by Gasteiger charge is -2.34. The third kappa shape index (κ3) is 2.63. The van der Waals surface area contributed by atoms with Gasteiger partial charge in [0.05, 0.1) is 11.1 Å².